The minimum absolute atomic E-state index is 0.0158. The highest BCUT2D eigenvalue weighted by Crippen LogP contribution is 2.36. The van der Waals surface area contributed by atoms with Gasteiger partial charge in [0.1, 0.15) is 11.5 Å². The second-order valence-electron chi connectivity index (χ2n) is 6.52. The molecule has 0 radical (unpaired) electrons. The second-order valence-corrected chi connectivity index (χ2v) is 6.52. The molecule has 2 aromatic rings. The molecule has 142 valence electrons. The predicted octanol–water partition coefficient (Wildman–Crippen LogP) is 4.35. The lowest BCUT2D eigenvalue weighted by Crippen LogP contribution is -2.26. The van der Waals surface area contributed by atoms with Crippen molar-refractivity contribution in [3.05, 3.63) is 59.2 Å². The average Bonchev–Trinajstić information content (AvgIpc) is 3.17. The predicted molar refractivity (Wildman–Crippen MR) is 106 cm³/mol. The molecule has 3 rings (SSSR count). The zero-order chi connectivity index (χ0) is 19.4. The van der Waals surface area contributed by atoms with Crippen LogP contribution in [0, 0.1) is 0 Å². The van der Waals surface area contributed by atoms with Crippen molar-refractivity contribution in [1.82, 2.24) is 5.01 Å². The Balaban J connectivity index is 1.97. The molecule has 0 saturated heterocycles. The molecule has 0 bridgehead atoms. The molecule has 5 nitrogen and oxygen atoms in total. The maximum absolute atomic E-state index is 12.5. The highest BCUT2D eigenvalue weighted by molar-refractivity contribution is 6.05. The van der Waals surface area contributed by atoms with Gasteiger partial charge in [0.25, 0.3) is 0 Å². The third-order valence-electron chi connectivity index (χ3n) is 4.96. The molecule has 1 heterocycles. The van der Waals surface area contributed by atoms with E-state index < -0.39 is 0 Å². The number of aryl methyl sites for hydroxylation is 1. The van der Waals surface area contributed by atoms with E-state index in [4.69, 9.17) is 9.47 Å². The summed E-state index contributed by atoms with van der Waals surface area (Å²) in [6.45, 7) is 4.00. The van der Waals surface area contributed by atoms with Gasteiger partial charge >= 0.3 is 0 Å². The lowest BCUT2D eigenvalue weighted by Gasteiger charge is -2.21. The summed E-state index contributed by atoms with van der Waals surface area (Å²) in [4.78, 5) is 12.5. The smallest absolute Gasteiger partial charge is 0.242 e. The molecule has 0 aromatic heterocycles. The molecule has 0 N–H and O–H groups in total. The number of hydrogen-bond donors (Lipinski definition) is 0. The first-order valence-electron chi connectivity index (χ1n) is 9.32. The molecule has 1 aliphatic rings. The normalized spacial score (nSPS) is 16.2. The number of hydrazone groups is 1. The first-order chi connectivity index (χ1) is 13.1. The number of methoxy groups -OCH3 is 2. The summed E-state index contributed by atoms with van der Waals surface area (Å²) in [6.07, 6.45) is 2.06. The van der Waals surface area contributed by atoms with Crippen molar-refractivity contribution in [2.45, 2.75) is 39.2 Å². The molecule has 0 fully saturated rings. The van der Waals surface area contributed by atoms with Crippen molar-refractivity contribution >= 4 is 11.6 Å². The van der Waals surface area contributed by atoms with Crippen molar-refractivity contribution in [1.29, 1.82) is 0 Å². The van der Waals surface area contributed by atoms with Crippen molar-refractivity contribution < 1.29 is 14.3 Å². The Morgan fingerprint density at radius 2 is 1.85 bits per heavy atom. The zero-order valence-electron chi connectivity index (χ0n) is 16.4. The lowest BCUT2D eigenvalue weighted by atomic mass is 9.96. The van der Waals surface area contributed by atoms with Crippen LogP contribution >= 0.6 is 0 Å². The van der Waals surface area contributed by atoms with Gasteiger partial charge in [-0.3, -0.25) is 4.79 Å². The molecule has 1 amide bonds. The number of benzene rings is 2. The van der Waals surface area contributed by atoms with Crippen LogP contribution in [0.4, 0.5) is 0 Å². The van der Waals surface area contributed by atoms with Gasteiger partial charge in [0.05, 0.1) is 26.0 Å². The maximum Gasteiger partial charge on any atom is 0.242 e. The van der Waals surface area contributed by atoms with E-state index >= 15 is 0 Å². The van der Waals surface area contributed by atoms with Crippen molar-refractivity contribution in [3.8, 4) is 11.5 Å². The molecule has 27 heavy (non-hydrogen) atoms. The summed E-state index contributed by atoms with van der Waals surface area (Å²) < 4.78 is 10.8. The van der Waals surface area contributed by atoms with Crippen LogP contribution in [-0.4, -0.2) is 30.8 Å². The van der Waals surface area contributed by atoms with E-state index in [1.807, 2.05) is 25.1 Å². The number of rotatable bonds is 6. The molecule has 0 aliphatic carbocycles. The summed E-state index contributed by atoms with van der Waals surface area (Å²) in [6, 6.07) is 14.0. The summed E-state index contributed by atoms with van der Waals surface area (Å²) in [5, 5.41) is 6.30. The van der Waals surface area contributed by atoms with Gasteiger partial charge in [-0.2, -0.15) is 5.10 Å². The van der Waals surface area contributed by atoms with Crippen molar-refractivity contribution in [2.75, 3.05) is 14.2 Å². The maximum atomic E-state index is 12.5. The molecular formula is C22H26N2O3. The van der Waals surface area contributed by atoms with Crippen LogP contribution in [0.15, 0.2) is 47.6 Å². The Bertz CT molecular complexity index is 843. The Morgan fingerprint density at radius 3 is 2.44 bits per heavy atom. The van der Waals surface area contributed by atoms with Gasteiger partial charge in [-0.1, -0.05) is 38.1 Å². The standard InChI is InChI=1S/C22H26N2O3/c1-5-15-7-9-16(10-8-15)20-14-19(23-24(20)22(25)6-2)18-12-11-17(26-3)13-21(18)27-4/h7-13,20H,5-6,14H2,1-4H3/t20-/m0/s1. The Labute approximate surface area is 160 Å². The number of carbonyl (C=O) groups is 1. The number of hydrogen-bond acceptors (Lipinski definition) is 4. The minimum Gasteiger partial charge on any atom is -0.497 e. The number of nitrogens with zero attached hydrogens (tertiary/aromatic N) is 2. The van der Waals surface area contributed by atoms with Gasteiger partial charge in [0, 0.05) is 24.5 Å². The van der Waals surface area contributed by atoms with E-state index in [2.05, 4.69) is 36.3 Å². The molecule has 1 atom stereocenters. The molecular weight excluding hydrogens is 340 g/mol. The molecule has 5 heteroatoms. The second kappa shape index (κ2) is 8.25. The molecule has 1 aliphatic heterocycles. The number of amides is 1. The highest BCUT2D eigenvalue weighted by atomic mass is 16.5. The monoisotopic (exact) mass is 366 g/mol. The van der Waals surface area contributed by atoms with Crippen LogP contribution in [0.2, 0.25) is 0 Å². The summed E-state index contributed by atoms with van der Waals surface area (Å²) in [7, 11) is 3.25. The van der Waals surface area contributed by atoms with Crippen LogP contribution in [0.5, 0.6) is 11.5 Å². The van der Waals surface area contributed by atoms with Crippen LogP contribution in [0.1, 0.15) is 49.4 Å². The number of carbonyl (C=O) groups excluding carboxylic acids is 1. The van der Waals surface area contributed by atoms with Crippen LogP contribution in [0.3, 0.4) is 0 Å². The van der Waals surface area contributed by atoms with Gasteiger partial charge in [-0.25, -0.2) is 5.01 Å². The van der Waals surface area contributed by atoms with E-state index in [0.29, 0.717) is 18.6 Å². The van der Waals surface area contributed by atoms with E-state index in [0.717, 1.165) is 29.0 Å². The minimum atomic E-state index is -0.0924. The number of ether oxygens (including phenoxy) is 2. The first kappa shape index (κ1) is 19.0. The summed E-state index contributed by atoms with van der Waals surface area (Å²) in [5.41, 5.74) is 4.11. The molecule has 0 saturated carbocycles. The summed E-state index contributed by atoms with van der Waals surface area (Å²) in [5.74, 6) is 1.43. The van der Waals surface area contributed by atoms with Crippen LogP contribution in [0.25, 0.3) is 0 Å². The fraction of sp³-hybridized carbons (Fsp3) is 0.364. The molecule has 2 aromatic carbocycles. The molecule has 0 spiro atoms. The third kappa shape index (κ3) is 3.82. The fourth-order valence-corrected chi connectivity index (χ4v) is 3.34. The van der Waals surface area contributed by atoms with Crippen LogP contribution < -0.4 is 9.47 Å². The SMILES string of the molecule is CCC(=O)N1N=C(c2ccc(OC)cc2OC)C[C@H]1c1ccc(CC)cc1. The lowest BCUT2D eigenvalue weighted by molar-refractivity contribution is -0.132. The Kier molecular flexibility index (Phi) is 5.79. The van der Waals surface area contributed by atoms with E-state index in [9.17, 15) is 4.79 Å². The van der Waals surface area contributed by atoms with Crippen molar-refractivity contribution in [2.24, 2.45) is 5.10 Å². The van der Waals surface area contributed by atoms with Crippen LogP contribution in [-0.2, 0) is 11.2 Å². The van der Waals surface area contributed by atoms with Gasteiger partial charge in [-0.05, 0) is 29.7 Å². The van der Waals surface area contributed by atoms with Gasteiger partial charge in [0.15, 0.2) is 0 Å². The topological polar surface area (TPSA) is 51.1 Å². The van der Waals surface area contributed by atoms with E-state index in [1.165, 1.54) is 5.56 Å². The van der Waals surface area contributed by atoms with Gasteiger partial charge in [-0.15, -0.1) is 0 Å². The Hall–Kier alpha value is -2.82. The van der Waals surface area contributed by atoms with Gasteiger partial charge in [0.2, 0.25) is 5.91 Å². The van der Waals surface area contributed by atoms with Crippen molar-refractivity contribution in [3.63, 3.8) is 0 Å². The van der Waals surface area contributed by atoms with E-state index in [-0.39, 0.29) is 11.9 Å². The van der Waals surface area contributed by atoms with Gasteiger partial charge < -0.3 is 9.47 Å². The third-order valence-corrected chi connectivity index (χ3v) is 4.96. The Morgan fingerprint density at radius 1 is 1.11 bits per heavy atom. The quantitative estimate of drug-likeness (QED) is 0.763. The first-order valence-corrected chi connectivity index (χ1v) is 9.32. The average molecular weight is 366 g/mol. The largest absolute Gasteiger partial charge is 0.497 e. The van der Waals surface area contributed by atoms with E-state index in [1.54, 1.807) is 19.2 Å². The molecule has 0 unspecified atom stereocenters. The zero-order valence-corrected chi connectivity index (χ0v) is 16.4. The fourth-order valence-electron chi connectivity index (χ4n) is 3.34. The summed E-state index contributed by atoms with van der Waals surface area (Å²) >= 11 is 0. The highest BCUT2D eigenvalue weighted by Gasteiger charge is 2.33.